The van der Waals surface area contributed by atoms with Crippen molar-refractivity contribution >= 4 is 19.0 Å². The highest BCUT2D eigenvalue weighted by Crippen LogP contribution is 2.64. The van der Waals surface area contributed by atoms with E-state index in [0.717, 1.165) is 42.6 Å². The molecule has 0 radical (unpaired) electrons. The maximum Gasteiger partial charge on any atom is 0.395 e. The van der Waals surface area contributed by atoms with Gasteiger partial charge in [0.25, 0.3) is 0 Å². The lowest BCUT2D eigenvalue weighted by atomic mass is 9.80. The van der Waals surface area contributed by atoms with E-state index in [1.54, 1.807) is 0 Å². The quantitative estimate of drug-likeness (QED) is 0.411. The molecule has 4 rings (SSSR count). The summed E-state index contributed by atoms with van der Waals surface area (Å²) >= 11 is 0. The van der Waals surface area contributed by atoms with Crippen molar-refractivity contribution in [1.82, 2.24) is 0 Å². The van der Waals surface area contributed by atoms with E-state index in [1.165, 1.54) is 16.7 Å². The Morgan fingerprint density at radius 3 is 1.42 bits per heavy atom. The van der Waals surface area contributed by atoms with Crippen LogP contribution in [0, 0.1) is 6.92 Å². The van der Waals surface area contributed by atoms with Crippen molar-refractivity contribution in [3.05, 3.63) is 58.7 Å². The first kappa shape index (κ1) is 27.3. The number of anilines is 2. The second-order valence-electron chi connectivity index (χ2n) is 14.2. The Kier molecular flexibility index (Phi) is 6.75. The van der Waals surface area contributed by atoms with E-state index in [9.17, 15) is 9.46 Å². The molecule has 4 nitrogen and oxygen atoms in total. The van der Waals surface area contributed by atoms with Gasteiger partial charge in [-0.05, 0) is 82.5 Å². The molecule has 0 spiro atoms. The molecule has 1 aliphatic heterocycles. The molecule has 0 aromatic heterocycles. The third-order valence-electron chi connectivity index (χ3n) is 7.99. The van der Waals surface area contributed by atoms with Gasteiger partial charge >= 0.3 is 7.67 Å². The summed E-state index contributed by atoms with van der Waals surface area (Å²) in [4.78, 5) is 12.0. The smallest absolute Gasteiger partial charge is 0.313 e. The summed E-state index contributed by atoms with van der Waals surface area (Å²) in [5.74, 6) is 0. The lowest BCUT2D eigenvalue weighted by Crippen LogP contribution is -2.40. The van der Waals surface area contributed by atoms with Crippen molar-refractivity contribution in [2.45, 2.75) is 123 Å². The molecule has 36 heavy (non-hydrogen) atoms. The van der Waals surface area contributed by atoms with Gasteiger partial charge in [0.05, 0.1) is 12.1 Å². The van der Waals surface area contributed by atoms with Gasteiger partial charge in [0.15, 0.2) is 0 Å². The topological polar surface area (TPSA) is 43.8 Å². The largest absolute Gasteiger partial charge is 0.395 e. The number of benzene rings is 2. The van der Waals surface area contributed by atoms with Gasteiger partial charge in [-0.25, -0.2) is 4.57 Å². The molecule has 1 saturated heterocycles. The van der Waals surface area contributed by atoms with E-state index in [0.29, 0.717) is 0 Å². The second-order valence-corrected chi connectivity index (χ2v) is 16.1. The highest BCUT2D eigenvalue weighted by atomic mass is 31.2. The number of aryl methyl sites for hydroxylation is 1. The molecule has 0 amide bonds. The summed E-state index contributed by atoms with van der Waals surface area (Å²) in [5.41, 5.74) is 6.38. The SMILES string of the molecule is Cc1cc(N2[C@@H]3CCCC[C@H]3N(c3cc(C(C)(C)C)cc(C(C)(C)C)c3)P2(=O)O)cc(C(C)(C)C)c1. The number of rotatable bonds is 2. The van der Waals surface area contributed by atoms with Crippen LogP contribution in [-0.4, -0.2) is 17.0 Å². The molecule has 1 saturated carbocycles. The van der Waals surface area contributed by atoms with Crippen LogP contribution in [0.15, 0.2) is 36.4 Å². The van der Waals surface area contributed by atoms with Crippen molar-refractivity contribution in [2.75, 3.05) is 9.34 Å². The van der Waals surface area contributed by atoms with E-state index in [2.05, 4.69) is 106 Å². The molecule has 0 bridgehead atoms. The van der Waals surface area contributed by atoms with Crippen LogP contribution in [0.4, 0.5) is 11.4 Å². The molecular formula is C31H47N2O2P. The molecule has 2 aromatic rings. The van der Waals surface area contributed by atoms with Crippen LogP contribution in [0.1, 0.15) is 110 Å². The second kappa shape index (κ2) is 8.91. The minimum absolute atomic E-state index is 0.0243. The van der Waals surface area contributed by atoms with Crippen molar-refractivity contribution < 1.29 is 9.46 Å². The lowest BCUT2D eigenvalue weighted by Gasteiger charge is -2.33. The highest BCUT2D eigenvalue weighted by molar-refractivity contribution is 7.62. The van der Waals surface area contributed by atoms with Gasteiger partial charge < -0.3 is 4.89 Å². The predicted octanol–water partition coefficient (Wildman–Crippen LogP) is 8.63. The Balaban J connectivity index is 1.92. The maximum atomic E-state index is 14.6. The van der Waals surface area contributed by atoms with Crippen LogP contribution in [0.3, 0.4) is 0 Å². The van der Waals surface area contributed by atoms with E-state index < -0.39 is 7.67 Å². The first-order valence-electron chi connectivity index (χ1n) is 13.6. The Labute approximate surface area is 219 Å². The van der Waals surface area contributed by atoms with Gasteiger partial charge in [0.2, 0.25) is 0 Å². The molecule has 5 heteroatoms. The van der Waals surface area contributed by atoms with Gasteiger partial charge in [-0.2, -0.15) is 0 Å². The van der Waals surface area contributed by atoms with Crippen LogP contribution in [0.2, 0.25) is 0 Å². The normalized spacial score (nSPS) is 25.3. The first-order valence-corrected chi connectivity index (χ1v) is 15.2. The number of nitrogens with zero attached hydrogens (tertiary/aromatic N) is 2. The summed E-state index contributed by atoms with van der Waals surface area (Å²) in [6.45, 7) is 22.0. The van der Waals surface area contributed by atoms with Crippen molar-refractivity contribution in [3.8, 4) is 0 Å². The summed E-state index contributed by atoms with van der Waals surface area (Å²) < 4.78 is 18.5. The van der Waals surface area contributed by atoms with Gasteiger partial charge in [0.1, 0.15) is 0 Å². The summed E-state index contributed by atoms with van der Waals surface area (Å²) in [7, 11) is -3.88. The van der Waals surface area contributed by atoms with Crippen molar-refractivity contribution in [1.29, 1.82) is 0 Å². The average Bonchev–Trinajstić information content (AvgIpc) is 2.97. The molecule has 1 aliphatic carbocycles. The Bertz CT molecular complexity index is 1150. The fourth-order valence-corrected chi connectivity index (χ4v) is 8.13. The molecular weight excluding hydrogens is 463 g/mol. The lowest BCUT2D eigenvalue weighted by molar-refractivity contribution is 0.409. The van der Waals surface area contributed by atoms with E-state index in [4.69, 9.17) is 0 Å². The molecule has 1 unspecified atom stereocenters. The fourth-order valence-electron chi connectivity index (χ4n) is 5.77. The molecule has 1 heterocycles. The molecule has 1 N–H and O–H groups in total. The predicted molar refractivity (Wildman–Crippen MR) is 155 cm³/mol. The Morgan fingerprint density at radius 2 is 1.03 bits per heavy atom. The highest BCUT2D eigenvalue weighted by Gasteiger charge is 2.55. The Hall–Kier alpha value is -1.77. The summed E-state index contributed by atoms with van der Waals surface area (Å²) in [6, 6.07) is 13.1. The average molecular weight is 511 g/mol. The van der Waals surface area contributed by atoms with E-state index in [-0.39, 0.29) is 28.3 Å². The van der Waals surface area contributed by atoms with Gasteiger partial charge in [-0.1, -0.05) is 87.3 Å². The first-order chi connectivity index (χ1) is 16.4. The van der Waals surface area contributed by atoms with E-state index >= 15 is 0 Å². The number of fused-ring (bicyclic) bond motifs is 1. The van der Waals surface area contributed by atoms with Crippen molar-refractivity contribution in [3.63, 3.8) is 0 Å². The third kappa shape index (κ3) is 5.01. The maximum absolute atomic E-state index is 14.6. The van der Waals surface area contributed by atoms with Crippen molar-refractivity contribution in [2.24, 2.45) is 0 Å². The zero-order valence-electron chi connectivity index (χ0n) is 24.1. The van der Waals surface area contributed by atoms with Crippen LogP contribution in [0.25, 0.3) is 0 Å². The zero-order chi connectivity index (χ0) is 26.8. The minimum Gasteiger partial charge on any atom is -0.313 e. The standard InChI is InChI=1S/C31H47N2O2P/c1-21-15-22(29(2,3)4)18-25(16-21)32-27-13-11-12-14-28(27)33(36(32,34)35)26-19-23(30(5,6)7)17-24(20-26)31(8,9)10/h15-20,27-28H,11-14H2,1-10H3,(H,34,35)/t27-,28-/m1/s1. The molecule has 2 aromatic carbocycles. The molecule has 2 aliphatic rings. The molecule has 3 atom stereocenters. The third-order valence-corrected chi connectivity index (χ3v) is 10.2. The number of hydrogen-bond acceptors (Lipinski definition) is 1. The van der Waals surface area contributed by atoms with Gasteiger partial charge in [-0.15, -0.1) is 0 Å². The minimum atomic E-state index is -3.88. The zero-order valence-corrected chi connectivity index (χ0v) is 25.0. The summed E-state index contributed by atoms with van der Waals surface area (Å²) in [6.07, 6.45) is 4.07. The fraction of sp³-hybridized carbons (Fsp3) is 0.613. The van der Waals surface area contributed by atoms with Crippen LogP contribution in [-0.2, 0) is 20.8 Å². The van der Waals surface area contributed by atoms with Gasteiger partial charge in [-0.3, -0.25) is 9.34 Å². The molecule has 2 fully saturated rings. The van der Waals surface area contributed by atoms with Crippen LogP contribution in [0.5, 0.6) is 0 Å². The van der Waals surface area contributed by atoms with Crippen LogP contribution >= 0.6 is 7.67 Å². The monoisotopic (exact) mass is 510 g/mol. The number of hydrogen-bond donors (Lipinski definition) is 1. The Morgan fingerprint density at radius 1 is 0.667 bits per heavy atom. The van der Waals surface area contributed by atoms with E-state index in [1.807, 2.05) is 9.34 Å². The van der Waals surface area contributed by atoms with Crippen LogP contribution < -0.4 is 9.34 Å². The van der Waals surface area contributed by atoms with Gasteiger partial charge in [0, 0.05) is 11.4 Å². The molecule has 198 valence electrons. The summed E-state index contributed by atoms with van der Waals surface area (Å²) in [5, 5.41) is 0.